The minimum atomic E-state index is -1.79. The zero-order valence-electron chi connectivity index (χ0n) is 11.4. The van der Waals surface area contributed by atoms with Crippen molar-refractivity contribution < 1.29 is 30.3 Å². The molecule has 0 heterocycles. The monoisotopic (exact) mass is 278 g/mol. The highest BCUT2D eigenvalue weighted by molar-refractivity contribution is 5.83. The summed E-state index contributed by atoms with van der Waals surface area (Å²) in [4.78, 5) is 11.6. The van der Waals surface area contributed by atoms with Gasteiger partial charge in [0.15, 0.2) is 5.78 Å². The Hall–Kier alpha value is -0.530. The van der Waals surface area contributed by atoms with Gasteiger partial charge in [-0.05, 0) is 6.42 Å². The van der Waals surface area contributed by atoms with Gasteiger partial charge in [-0.25, -0.2) is 0 Å². The number of hydrogen-bond donors (Lipinski definition) is 5. The predicted octanol–water partition coefficient (Wildman–Crippen LogP) is -0.648. The molecule has 6 nitrogen and oxygen atoms in total. The van der Waals surface area contributed by atoms with E-state index in [1.54, 1.807) is 0 Å². The number of aliphatic hydroxyl groups excluding tert-OH is 5. The Balaban J connectivity index is 4.03. The fourth-order valence-corrected chi connectivity index (χ4v) is 1.76. The highest BCUT2D eigenvalue weighted by Gasteiger charge is 2.33. The first-order valence-electron chi connectivity index (χ1n) is 6.81. The summed E-state index contributed by atoms with van der Waals surface area (Å²) in [6.07, 6.45) is -2.00. The van der Waals surface area contributed by atoms with Crippen LogP contribution in [0.5, 0.6) is 0 Å². The van der Waals surface area contributed by atoms with Crippen LogP contribution in [0.25, 0.3) is 0 Å². The molecule has 19 heavy (non-hydrogen) atoms. The second-order valence-electron chi connectivity index (χ2n) is 4.81. The van der Waals surface area contributed by atoms with Gasteiger partial charge in [0.05, 0.1) is 6.61 Å². The fourth-order valence-electron chi connectivity index (χ4n) is 1.76. The van der Waals surface area contributed by atoms with Crippen LogP contribution in [-0.4, -0.2) is 62.3 Å². The molecule has 0 aromatic rings. The van der Waals surface area contributed by atoms with Crippen LogP contribution in [0.1, 0.15) is 45.4 Å². The quantitative estimate of drug-likeness (QED) is 0.321. The first-order chi connectivity index (χ1) is 8.95. The standard InChI is InChI=1S/C13H26O6/c1-2-3-4-5-6-7-9(15)11(17)13(19)12(18)10(16)8-14/h10-14,16-19H,2-8H2,1H3/t10-,11+,12-,13-/m1/s1. The molecule has 0 rings (SSSR count). The molecule has 5 N–H and O–H groups in total. The molecule has 0 aliphatic rings. The zero-order valence-corrected chi connectivity index (χ0v) is 11.4. The van der Waals surface area contributed by atoms with Crippen molar-refractivity contribution in [3.8, 4) is 0 Å². The number of carbonyl (C=O) groups excluding carboxylic acids is 1. The van der Waals surface area contributed by atoms with Gasteiger partial charge in [-0.15, -0.1) is 0 Å². The second-order valence-corrected chi connectivity index (χ2v) is 4.81. The lowest BCUT2D eigenvalue weighted by atomic mass is 9.97. The molecular weight excluding hydrogens is 252 g/mol. The molecule has 0 fully saturated rings. The van der Waals surface area contributed by atoms with Crippen LogP contribution < -0.4 is 0 Å². The van der Waals surface area contributed by atoms with Gasteiger partial charge in [-0.2, -0.15) is 0 Å². The summed E-state index contributed by atoms with van der Waals surface area (Å²) in [6.45, 7) is 1.33. The lowest BCUT2D eigenvalue weighted by Gasteiger charge is -2.24. The molecule has 0 unspecified atom stereocenters. The molecule has 114 valence electrons. The summed E-state index contributed by atoms with van der Waals surface area (Å²) >= 11 is 0. The molecule has 0 aromatic carbocycles. The molecule has 0 radical (unpaired) electrons. The Bertz CT molecular complexity index is 245. The normalized spacial score (nSPS) is 17.8. The van der Waals surface area contributed by atoms with E-state index >= 15 is 0 Å². The highest BCUT2D eigenvalue weighted by Crippen LogP contribution is 2.11. The van der Waals surface area contributed by atoms with E-state index in [0.717, 1.165) is 25.7 Å². The Morgan fingerprint density at radius 2 is 1.53 bits per heavy atom. The van der Waals surface area contributed by atoms with E-state index in [2.05, 4.69) is 6.92 Å². The van der Waals surface area contributed by atoms with Gasteiger partial charge in [0.2, 0.25) is 0 Å². The zero-order chi connectivity index (χ0) is 14.8. The lowest BCUT2D eigenvalue weighted by molar-refractivity contribution is -0.147. The number of aliphatic hydroxyl groups is 5. The Labute approximate surface area is 113 Å². The second kappa shape index (κ2) is 10.3. The van der Waals surface area contributed by atoms with Gasteiger partial charge >= 0.3 is 0 Å². The van der Waals surface area contributed by atoms with E-state index in [4.69, 9.17) is 10.2 Å². The topological polar surface area (TPSA) is 118 Å². The largest absolute Gasteiger partial charge is 0.394 e. The maximum absolute atomic E-state index is 11.6. The Kier molecular flexibility index (Phi) is 9.99. The molecule has 0 aromatic heterocycles. The van der Waals surface area contributed by atoms with Crippen LogP contribution in [0.15, 0.2) is 0 Å². The number of Topliss-reactive ketones (excluding diaryl/α,β-unsaturated/α-hetero) is 1. The summed E-state index contributed by atoms with van der Waals surface area (Å²) in [7, 11) is 0. The average Bonchev–Trinajstić information content (AvgIpc) is 2.43. The number of unbranched alkanes of at least 4 members (excludes halogenated alkanes) is 4. The summed E-state index contributed by atoms with van der Waals surface area (Å²) in [5, 5.41) is 46.2. The molecule has 0 bridgehead atoms. The number of rotatable bonds is 11. The van der Waals surface area contributed by atoms with E-state index in [1.807, 2.05) is 0 Å². The predicted molar refractivity (Wildman–Crippen MR) is 69.5 cm³/mol. The van der Waals surface area contributed by atoms with E-state index < -0.39 is 36.8 Å². The van der Waals surface area contributed by atoms with Crippen molar-refractivity contribution in [1.29, 1.82) is 0 Å². The fraction of sp³-hybridized carbons (Fsp3) is 0.923. The summed E-state index contributed by atoms with van der Waals surface area (Å²) in [5.41, 5.74) is 0. The molecule has 0 spiro atoms. The smallest absolute Gasteiger partial charge is 0.164 e. The Morgan fingerprint density at radius 1 is 0.947 bits per heavy atom. The van der Waals surface area contributed by atoms with Crippen molar-refractivity contribution in [2.45, 2.75) is 69.9 Å². The van der Waals surface area contributed by atoms with Crippen molar-refractivity contribution in [3.05, 3.63) is 0 Å². The van der Waals surface area contributed by atoms with Crippen molar-refractivity contribution in [2.75, 3.05) is 6.61 Å². The van der Waals surface area contributed by atoms with Gasteiger partial charge in [0, 0.05) is 6.42 Å². The molecule has 0 amide bonds. The molecule has 0 aliphatic carbocycles. The van der Waals surface area contributed by atoms with Crippen LogP contribution in [-0.2, 0) is 4.79 Å². The van der Waals surface area contributed by atoms with Crippen LogP contribution in [0.3, 0.4) is 0 Å². The van der Waals surface area contributed by atoms with Gasteiger partial charge in [-0.1, -0.05) is 32.6 Å². The first kappa shape index (κ1) is 18.5. The molecule has 0 aliphatic heterocycles. The minimum absolute atomic E-state index is 0.129. The van der Waals surface area contributed by atoms with Crippen LogP contribution in [0.2, 0.25) is 0 Å². The van der Waals surface area contributed by atoms with Crippen molar-refractivity contribution in [2.24, 2.45) is 0 Å². The van der Waals surface area contributed by atoms with Gasteiger partial charge in [0.25, 0.3) is 0 Å². The van der Waals surface area contributed by atoms with E-state index in [0.29, 0.717) is 6.42 Å². The van der Waals surface area contributed by atoms with Crippen LogP contribution in [0, 0.1) is 0 Å². The molecule has 0 saturated carbocycles. The van der Waals surface area contributed by atoms with Gasteiger partial charge in [0.1, 0.15) is 24.4 Å². The maximum atomic E-state index is 11.6. The summed E-state index contributed by atoms with van der Waals surface area (Å²) < 4.78 is 0. The number of carbonyl (C=O) groups is 1. The van der Waals surface area contributed by atoms with E-state index in [1.165, 1.54) is 0 Å². The van der Waals surface area contributed by atoms with Crippen molar-refractivity contribution >= 4 is 5.78 Å². The SMILES string of the molecule is CCCCCCCC(=O)[C@H](O)[C@@H](O)[C@H](O)[C@H](O)CO. The van der Waals surface area contributed by atoms with E-state index in [-0.39, 0.29) is 6.42 Å². The van der Waals surface area contributed by atoms with Gasteiger partial charge in [-0.3, -0.25) is 4.79 Å². The third-order valence-corrected chi connectivity index (χ3v) is 3.11. The third kappa shape index (κ3) is 6.98. The molecular formula is C13H26O6. The van der Waals surface area contributed by atoms with Crippen LogP contribution >= 0.6 is 0 Å². The molecule has 6 heteroatoms. The third-order valence-electron chi connectivity index (χ3n) is 3.11. The first-order valence-corrected chi connectivity index (χ1v) is 6.81. The van der Waals surface area contributed by atoms with Crippen molar-refractivity contribution in [1.82, 2.24) is 0 Å². The van der Waals surface area contributed by atoms with Crippen molar-refractivity contribution in [3.63, 3.8) is 0 Å². The highest BCUT2D eigenvalue weighted by atomic mass is 16.4. The molecule has 4 atom stereocenters. The summed E-state index contributed by atoms with van der Waals surface area (Å²) in [5.74, 6) is -0.562. The van der Waals surface area contributed by atoms with Crippen LogP contribution in [0.4, 0.5) is 0 Å². The molecule has 0 saturated heterocycles. The number of hydrogen-bond acceptors (Lipinski definition) is 6. The van der Waals surface area contributed by atoms with Gasteiger partial charge < -0.3 is 25.5 Å². The minimum Gasteiger partial charge on any atom is -0.394 e. The lowest BCUT2D eigenvalue weighted by Crippen LogP contribution is -2.48. The Morgan fingerprint density at radius 3 is 2.05 bits per heavy atom. The van der Waals surface area contributed by atoms with E-state index in [9.17, 15) is 20.1 Å². The number of ketones is 1. The maximum Gasteiger partial charge on any atom is 0.164 e. The summed E-state index contributed by atoms with van der Waals surface area (Å²) in [6, 6.07) is 0. The average molecular weight is 278 g/mol.